The van der Waals surface area contributed by atoms with E-state index in [1.165, 1.54) is 0 Å². The molecule has 0 bridgehead atoms. The second-order valence-electron chi connectivity index (χ2n) is 5.72. The average molecular weight is 357 g/mol. The fraction of sp³-hybridized carbons (Fsp3) is 0.0526. The Balaban J connectivity index is 1.55. The highest BCUT2D eigenvalue weighted by Crippen LogP contribution is 2.14. The number of amides is 1. The Labute approximate surface area is 155 Å². The Morgan fingerprint density at radius 2 is 1.85 bits per heavy atom. The number of rotatable bonds is 4. The van der Waals surface area contributed by atoms with Gasteiger partial charge in [0.2, 0.25) is 5.95 Å². The smallest absolute Gasteiger partial charge is 0.258 e. The lowest BCUT2D eigenvalue weighted by Crippen LogP contribution is -2.15. The predicted octanol–water partition coefficient (Wildman–Crippen LogP) is 2.68. The van der Waals surface area contributed by atoms with Gasteiger partial charge in [0.1, 0.15) is 11.5 Å². The first kappa shape index (κ1) is 16.5. The molecular weight excluding hydrogens is 342 g/mol. The van der Waals surface area contributed by atoms with E-state index in [1.54, 1.807) is 43.8 Å². The molecule has 0 saturated carbocycles. The highest BCUT2D eigenvalue weighted by atomic mass is 16.1. The van der Waals surface area contributed by atoms with Gasteiger partial charge in [-0.25, -0.2) is 9.97 Å². The Morgan fingerprint density at radius 1 is 1.00 bits per heavy atom. The van der Waals surface area contributed by atoms with E-state index in [-0.39, 0.29) is 11.9 Å². The molecule has 1 amide bonds. The second kappa shape index (κ2) is 7.12. The lowest BCUT2D eigenvalue weighted by atomic mass is 10.2. The van der Waals surface area contributed by atoms with E-state index in [1.807, 2.05) is 35.0 Å². The number of hydrogen-bond donors (Lipinski definition) is 1. The third-order valence-electron chi connectivity index (χ3n) is 3.80. The van der Waals surface area contributed by atoms with Crippen LogP contribution in [-0.4, -0.2) is 35.4 Å². The monoisotopic (exact) mass is 357 g/mol. The van der Waals surface area contributed by atoms with E-state index in [2.05, 4.69) is 30.2 Å². The van der Waals surface area contributed by atoms with E-state index in [4.69, 9.17) is 0 Å². The van der Waals surface area contributed by atoms with Crippen molar-refractivity contribution in [1.29, 1.82) is 0 Å². The number of aryl methyl sites for hydroxylation is 1. The van der Waals surface area contributed by atoms with E-state index >= 15 is 0 Å². The predicted molar refractivity (Wildman–Crippen MR) is 99.3 cm³/mol. The molecule has 0 aliphatic carbocycles. The molecule has 0 unspecified atom stereocenters. The number of carbonyl (C=O) groups is 1. The molecule has 0 fully saturated rings. The summed E-state index contributed by atoms with van der Waals surface area (Å²) in [5.41, 5.74) is 2.02. The van der Waals surface area contributed by atoms with Gasteiger partial charge in [0.05, 0.1) is 6.33 Å². The summed E-state index contributed by atoms with van der Waals surface area (Å²) in [7, 11) is 0. The molecule has 0 spiro atoms. The zero-order valence-electron chi connectivity index (χ0n) is 14.4. The standard InChI is InChI=1S/C19H15N7O/c1-13-22-17(16-4-2-3-9-21-16)24-19(23-13)25-18(27)14-5-7-15(8-6-14)26-11-10-20-12-26/h2-12H,1H3,(H,22,23,24,25,27). The number of anilines is 1. The topological polar surface area (TPSA) is 98.5 Å². The number of nitrogens with zero attached hydrogens (tertiary/aromatic N) is 6. The second-order valence-corrected chi connectivity index (χ2v) is 5.72. The van der Waals surface area contributed by atoms with Crippen molar-refractivity contribution >= 4 is 11.9 Å². The fourth-order valence-corrected chi connectivity index (χ4v) is 2.52. The first-order valence-corrected chi connectivity index (χ1v) is 8.23. The fourth-order valence-electron chi connectivity index (χ4n) is 2.52. The highest BCUT2D eigenvalue weighted by Gasteiger charge is 2.12. The maximum Gasteiger partial charge on any atom is 0.258 e. The van der Waals surface area contributed by atoms with Gasteiger partial charge in [0.25, 0.3) is 5.91 Å². The van der Waals surface area contributed by atoms with Crippen molar-refractivity contribution in [2.24, 2.45) is 0 Å². The zero-order valence-corrected chi connectivity index (χ0v) is 14.4. The number of carbonyl (C=O) groups excluding carboxylic acids is 1. The number of benzene rings is 1. The summed E-state index contributed by atoms with van der Waals surface area (Å²) in [4.78, 5) is 33.5. The first-order chi connectivity index (χ1) is 13.2. The molecule has 132 valence electrons. The van der Waals surface area contributed by atoms with Crippen LogP contribution in [0.1, 0.15) is 16.2 Å². The Morgan fingerprint density at radius 3 is 2.56 bits per heavy atom. The molecule has 0 atom stereocenters. The van der Waals surface area contributed by atoms with Gasteiger partial charge < -0.3 is 4.57 Å². The molecule has 27 heavy (non-hydrogen) atoms. The van der Waals surface area contributed by atoms with Crippen molar-refractivity contribution < 1.29 is 4.79 Å². The van der Waals surface area contributed by atoms with Crippen LogP contribution in [0.3, 0.4) is 0 Å². The van der Waals surface area contributed by atoms with E-state index in [0.717, 1.165) is 5.69 Å². The summed E-state index contributed by atoms with van der Waals surface area (Å²) >= 11 is 0. The molecule has 4 rings (SSSR count). The van der Waals surface area contributed by atoms with Crippen LogP contribution in [0.15, 0.2) is 67.4 Å². The van der Waals surface area contributed by atoms with Crippen LogP contribution in [0.4, 0.5) is 5.95 Å². The number of pyridine rings is 1. The van der Waals surface area contributed by atoms with Crippen LogP contribution >= 0.6 is 0 Å². The third kappa shape index (κ3) is 3.69. The summed E-state index contributed by atoms with van der Waals surface area (Å²) in [5, 5.41) is 2.72. The van der Waals surface area contributed by atoms with Gasteiger partial charge in [-0.2, -0.15) is 9.97 Å². The van der Waals surface area contributed by atoms with Crippen molar-refractivity contribution in [1.82, 2.24) is 29.5 Å². The molecule has 0 radical (unpaired) electrons. The van der Waals surface area contributed by atoms with E-state index < -0.39 is 0 Å². The van der Waals surface area contributed by atoms with Crippen LogP contribution in [-0.2, 0) is 0 Å². The van der Waals surface area contributed by atoms with Crippen LogP contribution < -0.4 is 5.32 Å². The molecule has 0 aliphatic heterocycles. The molecule has 1 N–H and O–H groups in total. The van der Waals surface area contributed by atoms with E-state index in [0.29, 0.717) is 22.9 Å². The summed E-state index contributed by atoms with van der Waals surface area (Å²) in [6.45, 7) is 1.74. The Hall–Kier alpha value is -3.94. The van der Waals surface area contributed by atoms with Gasteiger partial charge in [-0.3, -0.25) is 15.1 Å². The molecule has 8 heteroatoms. The maximum absolute atomic E-state index is 12.5. The number of nitrogens with one attached hydrogen (secondary N) is 1. The van der Waals surface area contributed by atoms with Crippen LogP contribution in [0.5, 0.6) is 0 Å². The zero-order chi connectivity index (χ0) is 18.6. The largest absolute Gasteiger partial charge is 0.306 e. The SMILES string of the molecule is Cc1nc(NC(=O)c2ccc(-n3ccnc3)cc2)nc(-c2ccccn2)n1. The summed E-state index contributed by atoms with van der Waals surface area (Å²) in [6.07, 6.45) is 6.89. The van der Waals surface area contributed by atoms with Gasteiger partial charge in [0, 0.05) is 29.8 Å². The molecule has 0 aliphatic rings. The quantitative estimate of drug-likeness (QED) is 0.603. The lowest BCUT2D eigenvalue weighted by Gasteiger charge is -2.07. The minimum atomic E-state index is -0.301. The molecule has 8 nitrogen and oxygen atoms in total. The lowest BCUT2D eigenvalue weighted by molar-refractivity contribution is 0.102. The molecule has 4 aromatic rings. The van der Waals surface area contributed by atoms with Crippen molar-refractivity contribution in [2.75, 3.05) is 5.32 Å². The van der Waals surface area contributed by atoms with Crippen LogP contribution in [0.25, 0.3) is 17.2 Å². The average Bonchev–Trinajstić information content (AvgIpc) is 3.23. The first-order valence-electron chi connectivity index (χ1n) is 8.23. The van der Waals surface area contributed by atoms with Crippen molar-refractivity contribution in [3.8, 4) is 17.2 Å². The van der Waals surface area contributed by atoms with Crippen LogP contribution in [0.2, 0.25) is 0 Å². The van der Waals surface area contributed by atoms with Crippen LogP contribution in [0, 0.1) is 6.92 Å². The molecule has 0 saturated heterocycles. The van der Waals surface area contributed by atoms with Gasteiger partial charge in [-0.15, -0.1) is 0 Å². The summed E-state index contributed by atoms with van der Waals surface area (Å²) in [6, 6.07) is 12.6. The van der Waals surface area contributed by atoms with Gasteiger partial charge in [0.15, 0.2) is 5.82 Å². The highest BCUT2D eigenvalue weighted by molar-refractivity contribution is 6.03. The van der Waals surface area contributed by atoms with Gasteiger partial charge in [-0.05, 0) is 43.3 Å². The molecule has 3 aromatic heterocycles. The molecule has 1 aromatic carbocycles. The molecular formula is C19H15N7O. The summed E-state index contributed by atoms with van der Waals surface area (Å²) < 4.78 is 1.86. The molecule has 3 heterocycles. The minimum Gasteiger partial charge on any atom is -0.306 e. The number of hydrogen-bond acceptors (Lipinski definition) is 6. The Kier molecular flexibility index (Phi) is 4.36. The van der Waals surface area contributed by atoms with Gasteiger partial charge in [-0.1, -0.05) is 6.07 Å². The Bertz CT molecular complexity index is 1060. The van der Waals surface area contributed by atoms with E-state index in [9.17, 15) is 4.79 Å². The normalized spacial score (nSPS) is 10.6. The minimum absolute atomic E-state index is 0.187. The van der Waals surface area contributed by atoms with Crippen molar-refractivity contribution in [2.45, 2.75) is 6.92 Å². The number of aromatic nitrogens is 6. The summed E-state index contributed by atoms with van der Waals surface area (Å²) in [5.74, 6) is 0.793. The third-order valence-corrected chi connectivity index (χ3v) is 3.80. The van der Waals surface area contributed by atoms with Crippen molar-refractivity contribution in [3.63, 3.8) is 0 Å². The maximum atomic E-state index is 12.5. The van der Waals surface area contributed by atoms with Gasteiger partial charge >= 0.3 is 0 Å². The number of imidazole rings is 1. The van der Waals surface area contributed by atoms with Crippen molar-refractivity contribution in [3.05, 3.63) is 78.8 Å².